The third kappa shape index (κ3) is 3.77. The molecule has 4 aliphatic carbocycles. The molecule has 2 N–H and O–H groups in total. The first-order valence-electron chi connectivity index (χ1n) is 12.3. The first-order chi connectivity index (χ1) is 14.4. The summed E-state index contributed by atoms with van der Waals surface area (Å²) in [6.07, 6.45) is 1.86. The zero-order chi connectivity index (χ0) is 22.8. The molecule has 0 aromatic heterocycles. The van der Waals surface area contributed by atoms with Gasteiger partial charge < -0.3 is 14.9 Å². The molecule has 0 amide bonds. The minimum Gasteiger partial charge on any atom is -0.387 e. The van der Waals surface area contributed by atoms with Crippen molar-refractivity contribution in [1.82, 2.24) is 0 Å². The van der Waals surface area contributed by atoms with Crippen molar-refractivity contribution in [2.24, 2.45) is 46.3 Å². The van der Waals surface area contributed by atoms with Crippen LogP contribution >= 0.6 is 0 Å². The second-order valence-electron chi connectivity index (χ2n) is 12.1. The summed E-state index contributed by atoms with van der Waals surface area (Å²) in [4.78, 5) is 0. The molecule has 3 nitrogen and oxygen atoms in total. The van der Waals surface area contributed by atoms with Crippen LogP contribution in [0.4, 0.5) is 13.2 Å². The lowest BCUT2D eigenvalue weighted by molar-refractivity contribution is -0.228. The molecule has 0 heterocycles. The van der Waals surface area contributed by atoms with Crippen LogP contribution in [-0.2, 0) is 4.74 Å². The average Bonchev–Trinajstić information content (AvgIpc) is 3.04. The summed E-state index contributed by atoms with van der Waals surface area (Å²) in [5.41, 5.74) is -0.614. The highest BCUT2D eigenvalue weighted by Gasteiger charge is 2.62. The number of hydrogen-bond donors (Lipinski definition) is 2. The SMILES string of the molecule is COC[C@]1(O)CC[C@@]2(C)[C@H](CC[C@@H]3[C@@H]2CC[C@]2(C)[C@@H]([C@H](C)[C@@H](O)C(F)(F)F)CC[C@@H]32)C1. The van der Waals surface area contributed by atoms with Crippen LogP contribution in [0.15, 0.2) is 0 Å². The Morgan fingerprint density at radius 2 is 1.65 bits per heavy atom. The number of ether oxygens (including phenoxy) is 1. The van der Waals surface area contributed by atoms with Crippen molar-refractivity contribution in [1.29, 1.82) is 0 Å². The van der Waals surface area contributed by atoms with Crippen molar-refractivity contribution >= 4 is 0 Å². The number of hydrogen-bond acceptors (Lipinski definition) is 3. The van der Waals surface area contributed by atoms with Gasteiger partial charge in [0.2, 0.25) is 0 Å². The second kappa shape index (κ2) is 7.87. The predicted molar refractivity (Wildman–Crippen MR) is 113 cm³/mol. The van der Waals surface area contributed by atoms with Gasteiger partial charge in [0.25, 0.3) is 0 Å². The molecule has 0 aliphatic heterocycles. The normalized spacial score (nSPS) is 49.6. The molecule has 180 valence electrons. The second-order valence-corrected chi connectivity index (χ2v) is 12.1. The number of aliphatic hydroxyl groups excluding tert-OH is 1. The number of fused-ring (bicyclic) bond motifs is 5. The highest BCUT2D eigenvalue weighted by molar-refractivity contribution is 5.11. The smallest absolute Gasteiger partial charge is 0.387 e. The molecule has 4 saturated carbocycles. The van der Waals surface area contributed by atoms with Gasteiger partial charge in [-0.3, -0.25) is 0 Å². The number of aliphatic hydroxyl groups is 2. The van der Waals surface area contributed by atoms with Gasteiger partial charge in [-0.1, -0.05) is 20.8 Å². The fourth-order valence-corrected chi connectivity index (χ4v) is 9.14. The zero-order valence-electron chi connectivity index (χ0n) is 19.5. The Labute approximate surface area is 185 Å². The van der Waals surface area contributed by atoms with E-state index in [1.54, 1.807) is 14.0 Å². The fraction of sp³-hybridized carbons (Fsp3) is 1.00. The molecule has 0 radical (unpaired) electrons. The molecule has 6 heteroatoms. The van der Waals surface area contributed by atoms with Gasteiger partial charge in [-0.2, -0.15) is 13.2 Å². The van der Waals surface area contributed by atoms with E-state index >= 15 is 0 Å². The summed E-state index contributed by atoms with van der Waals surface area (Å²) in [6.45, 7) is 6.65. The Hall–Kier alpha value is -0.330. The van der Waals surface area contributed by atoms with Crippen LogP contribution < -0.4 is 0 Å². The standard InChI is InChI=1S/C25H41F3O3/c1-15(21(29)25(26,27)28)18-7-8-19-17-6-5-16-13-24(30,14-31-4)12-11-22(16,2)20(17)9-10-23(18,19)3/h15-21,29-30H,5-14H2,1-4H3/t15-,16+,17-,18+,19-,20-,21+,22-,23+,24-/m0/s1. The van der Waals surface area contributed by atoms with Crippen molar-refractivity contribution in [3.05, 3.63) is 0 Å². The molecule has 10 atom stereocenters. The number of rotatable bonds is 4. The van der Waals surface area contributed by atoms with E-state index in [9.17, 15) is 23.4 Å². The Morgan fingerprint density at radius 3 is 2.29 bits per heavy atom. The van der Waals surface area contributed by atoms with E-state index in [1.807, 2.05) is 0 Å². The Kier molecular flexibility index (Phi) is 6.05. The first kappa shape index (κ1) is 23.8. The van der Waals surface area contributed by atoms with Crippen molar-refractivity contribution in [2.75, 3.05) is 13.7 Å². The maximum atomic E-state index is 13.2. The van der Waals surface area contributed by atoms with Crippen molar-refractivity contribution < 1.29 is 28.1 Å². The van der Waals surface area contributed by atoms with E-state index in [1.165, 1.54) is 0 Å². The largest absolute Gasteiger partial charge is 0.414 e. The lowest BCUT2D eigenvalue weighted by Gasteiger charge is -2.62. The van der Waals surface area contributed by atoms with Gasteiger partial charge in [0.1, 0.15) is 0 Å². The van der Waals surface area contributed by atoms with Crippen molar-refractivity contribution in [3.63, 3.8) is 0 Å². The van der Waals surface area contributed by atoms with Crippen LogP contribution in [-0.4, -0.2) is 41.8 Å². The van der Waals surface area contributed by atoms with E-state index in [4.69, 9.17) is 4.74 Å². The third-order valence-corrected chi connectivity index (χ3v) is 10.8. The Bertz CT molecular complexity index is 669. The molecule has 0 saturated heterocycles. The Morgan fingerprint density at radius 1 is 0.968 bits per heavy atom. The quantitative estimate of drug-likeness (QED) is 0.593. The zero-order valence-corrected chi connectivity index (χ0v) is 19.5. The van der Waals surface area contributed by atoms with Gasteiger partial charge in [0.15, 0.2) is 6.10 Å². The first-order valence-corrected chi connectivity index (χ1v) is 12.3. The molecule has 0 aromatic carbocycles. The third-order valence-electron chi connectivity index (χ3n) is 10.8. The topological polar surface area (TPSA) is 49.7 Å². The molecule has 4 fully saturated rings. The van der Waals surface area contributed by atoms with Crippen LogP contribution in [0.25, 0.3) is 0 Å². The Balaban J connectivity index is 1.53. The number of halogens is 3. The van der Waals surface area contributed by atoms with Crippen LogP contribution in [0.5, 0.6) is 0 Å². The van der Waals surface area contributed by atoms with Gasteiger partial charge in [0.05, 0.1) is 12.2 Å². The van der Waals surface area contributed by atoms with E-state index in [0.717, 1.165) is 57.8 Å². The summed E-state index contributed by atoms with van der Waals surface area (Å²) in [7, 11) is 1.65. The molecule has 0 spiro atoms. The summed E-state index contributed by atoms with van der Waals surface area (Å²) in [5.74, 6) is 1.29. The van der Waals surface area contributed by atoms with Crippen LogP contribution in [0.3, 0.4) is 0 Å². The van der Waals surface area contributed by atoms with E-state index < -0.39 is 23.8 Å². The van der Waals surface area contributed by atoms with Gasteiger partial charge in [-0.05, 0) is 104 Å². The monoisotopic (exact) mass is 446 g/mol. The lowest BCUT2D eigenvalue weighted by atomic mass is 9.43. The maximum Gasteiger partial charge on any atom is 0.414 e. The fourth-order valence-electron chi connectivity index (χ4n) is 9.14. The van der Waals surface area contributed by atoms with E-state index in [0.29, 0.717) is 30.3 Å². The molecule has 31 heavy (non-hydrogen) atoms. The molecule has 0 bridgehead atoms. The summed E-state index contributed by atoms with van der Waals surface area (Å²) < 4.78 is 45.0. The highest BCUT2D eigenvalue weighted by Crippen LogP contribution is 2.69. The lowest BCUT2D eigenvalue weighted by Crippen LogP contribution is -2.57. The van der Waals surface area contributed by atoms with Gasteiger partial charge >= 0.3 is 6.18 Å². The summed E-state index contributed by atoms with van der Waals surface area (Å²) >= 11 is 0. The number of alkyl halides is 3. The molecular weight excluding hydrogens is 405 g/mol. The summed E-state index contributed by atoms with van der Waals surface area (Å²) in [6, 6.07) is 0. The highest BCUT2D eigenvalue weighted by atomic mass is 19.4. The molecule has 0 unspecified atom stereocenters. The molecule has 0 aromatic rings. The van der Waals surface area contributed by atoms with Crippen molar-refractivity contribution in [3.8, 4) is 0 Å². The predicted octanol–water partition coefficient (Wildman–Crippen LogP) is 5.58. The minimum atomic E-state index is -4.54. The van der Waals surface area contributed by atoms with Gasteiger partial charge in [0, 0.05) is 7.11 Å². The van der Waals surface area contributed by atoms with Crippen molar-refractivity contribution in [2.45, 2.75) is 96.4 Å². The molecular formula is C25H41F3O3. The van der Waals surface area contributed by atoms with E-state index in [-0.39, 0.29) is 16.7 Å². The van der Waals surface area contributed by atoms with Gasteiger partial charge in [-0.15, -0.1) is 0 Å². The maximum absolute atomic E-state index is 13.2. The molecule has 4 rings (SSSR count). The van der Waals surface area contributed by atoms with Gasteiger partial charge in [-0.25, -0.2) is 0 Å². The summed E-state index contributed by atoms with van der Waals surface area (Å²) in [5, 5.41) is 21.0. The van der Waals surface area contributed by atoms with E-state index in [2.05, 4.69) is 13.8 Å². The average molecular weight is 447 g/mol. The van der Waals surface area contributed by atoms with Crippen LogP contribution in [0, 0.1) is 46.3 Å². The molecule has 4 aliphatic rings. The number of methoxy groups -OCH3 is 1. The minimum absolute atomic E-state index is 0.0706. The van der Waals surface area contributed by atoms with Crippen LogP contribution in [0.2, 0.25) is 0 Å². The van der Waals surface area contributed by atoms with Crippen LogP contribution in [0.1, 0.15) is 78.6 Å².